The van der Waals surface area contributed by atoms with Gasteiger partial charge in [-0.1, -0.05) is 203 Å². The molecule has 0 bridgehead atoms. The molecule has 0 radical (unpaired) electrons. The molecule has 0 aliphatic carbocycles. The lowest BCUT2D eigenvalue weighted by Crippen LogP contribution is -2.30. The lowest BCUT2D eigenvalue weighted by Gasteiger charge is -2.18. The van der Waals surface area contributed by atoms with Crippen molar-refractivity contribution in [1.29, 1.82) is 0 Å². The van der Waals surface area contributed by atoms with E-state index < -0.39 is 6.10 Å². The van der Waals surface area contributed by atoms with Crippen LogP contribution < -0.4 is 0 Å². The SMILES string of the molecule is CC\C=C/C=C\C=C/CCCCCCCCCC(=O)OC(COC(=O)CCCCC/C=C\C=C/CCCCCCCCC)COC(=O)CCCCCCC/C=C\CCCCC. The molecule has 0 fully saturated rings. The van der Waals surface area contributed by atoms with Gasteiger partial charge in [0.15, 0.2) is 6.10 Å². The Balaban J connectivity index is 4.45. The zero-order valence-electron chi connectivity index (χ0n) is 39.9. The van der Waals surface area contributed by atoms with Gasteiger partial charge in [-0.2, -0.15) is 0 Å². The lowest BCUT2D eigenvalue weighted by molar-refractivity contribution is -0.167. The number of carbonyl (C=O) groups excluding carboxylic acids is 3. The molecular weight excluding hydrogens is 757 g/mol. The van der Waals surface area contributed by atoms with E-state index in [1.165, 1.54) is 109 Å². The average molecular weight is 851 g/mol. The molecule has 0 rings (SSSR count). The van der Waals surface area contributed by atoms with Crippen molar-refractivity contribution in [2.75, 3.05) is 13.2 Å². The quantitative estimate of drug-likeness (QED) is 0.0200. The molecular formula is C55H94O6. The molecule has 0 aromatic rings. The number of unbranched alkanes of at least 4 members (excludes halogenated alkanes) is 25. The molecule has 0 saturated heterocycles. The van der Waals surface area contributed by atoms with Crippen LogP contribution in [0.5, 0.6) is 0 Å². The van der Waals surface area contributed by atoms with Gasteiger partial charge >= 0.3 is 17.9 Å². The summed E-state index contributed by atoms with van der Waals surface area (Å²) in [5, 5.41) is 0. The van der Waals surface area contributed by atoms with Crippen LogP contribution in [0.15, 0.2) is 72.9 Å². The molecule has 0 saturated carbocycles. The number of hydrogen-bond donors (Lipinski definition) is 0. The molecule has 0 aliphatic rings. The van der Waals surface area contributed by atoms with E-state index in [0.29, 0.717) is 19.3 Å². The minimum atomic E-state index is -0.795. The summed E-state index contributed by atoms with van der Waals surface area (Å²) in [4.78, 5) is 37.9. The highest BCUT2D eigenvalue weighted by molar-refractivity contribution is 5.71. The van der Waals surface area contributed by atoms with E-state index in [0.717, 1.165) is 89.9 Å². The zero-order valence-corrected chi connectivity index (χ0v) is 39.9. The number of hydrogen-bond acceptors (Lipinski definition) is 6. The second kappa shape index (κ2) is 49.5. The van der Waals surface area contributed by atoms with Gasteiger partial charge in [0.05, 0.1) is 0 Å². The molecule has 0 aliphatic heterocycles. The average Bonchev–Trinajstić information content (AvgIpc) is 3.26. The van der Waals surface area contributed by atoms with E-state index in [-0.39, 0.29) is 31.1 Å². The van der Waals surface area contributed by atoms with Crippen molar-refractivity contribution in [3.8, 4) is 0 Å². The van der Waals surface area contributed by atoms with Gasteiger partial charge in [-0.25, -0.2) is 0 Å². The number of esters is 3. The van der Waals surface area contributed by atoms with Crippen molar-refractivity contribution < 1.29 is 28.6 Å². The number of allylic oxidation sites excluding steroid dienone is 12. The van der Waals surface area contributed by atoms with Crippen LogP contribution in [0.4, 0.5) is 0 Å². The van der Waals surface area contributed by atoms with E-state index in [9.17, 15) is 14.4 Å². The summed E-state index contributed by atoms with van der Waals surface area (Å²) >= 11 is 0. The summed E-state index contributed by atoms with van der Waals surface area (Å²) in [6.07, 6.45) is 61.7. The van der Waals surface area contributed by atoms with Gasteiger partial charge in [-0.05, 0) is 89.9 Å². The molecule has 6 nitrogen and oxygen atoms in total. The van der Waals surface area contributed by atoms with E-state index in [4.69, 9.17) is 14.2 Å². The summed E-state index contributed by atoms with van der Waals surface area (Å²) < 4.78 is 16.7. The Labute approximate surface area is 376 Å². The van der Waals surface area contributed by atoms with Crippen LogP contribution in [-0.2, 0) is 28.6 Å². The molecule has 1 atom stereocenters. The largest absolute Gasteiger partial charge is 0.462 e. The summed E-state index contributed by atoms with van der Waals surface area (Å²) in [5.41, 5.74) is 0. The topological polar surface area (TPSA) is 78.9 Å². The van der Waals surface area contributed by atoms with Crippen LogP contribution in [0.3, 0.4) is 0 Å². The third-order valence-electron chi connectivity index (χ3n) is 10.8. The smallest absolute Gasteiger partial charge is 0.306 e. The molecule has 6 heteroatoms. The standard InChI is InChI=1S/C55H94O6/c1-4-7-10-13-16-19-22-25-27-29-30-33-36-39-42-45-48-54(57)60-51-52(50-59-53(56)47-44-41-38-35-32-24-21-18-15-12-9-6-3)61-55(58)49-46-43-40-37-34-31-28-26-23-20-17-14-11-8-5-2/h8,11,14,17-18,20-21,23,27,29-30,33,52H,4-7,9-10,12-13,15-16,19,22,24-26,28,31-32,34-51H2,1-3H3/b11-8-,17-14-,21-18-,23-20-,29-27-,33-30-. The Morgan fingerprint density at radius 2 is 0.656 bits per heavy atom. The molecule has 350 valence electrons. The summed E-state index contributed by atoms with van der Waals surface area (Å²) in [7, 11) is 0. The van der Waals surface area contributed by atoms with E-state index in [2.05, 4.69) is 93.7 Å². The first-order chi connectivity index (χ1) is 30.0. The lowest BCUT2D eigenvalue weighted by atomic mass is 10.1. The van der Waals surface area contributed by atoms with Crippen molar-refractivity contribution in [2.24, 2.45) is 0 Å². The Kier molecular flexibility index (Phi) is 46.9. The highest BCUT2D eigenvalue weighted by Crippen LogP contribution is 2.14. The second-order valence-electron chi connectivity index (χ2n) is 16.8. The van der Waals surface area contributed by atoms with E-state index >= 15 is 0 Å². The van der Waals surface area contributed by atoms with E-state index in [1.807, 2.05) is 0 Å². The molecule has 1 unspecified atom stereocenters. The second-order valence-corrected chi connectivity index (χ2v) is 16.8. The normalized spacial score (nSPS) is 12.6. The Hall–Kier alpha value is -3.15. The molecule has 61 heavy (non-hydrogen) atoms. The van der Waals surface area contributed by atoms with Crippen molar-refractivity contribution in [3.63, 3.8) is 0 Å². The molecule has 0 aromatic heterocycles. The summed E-state index contributed by atoms with van der Waals surface area (Å²) in [6, 6.07) is 0. The molecule has 0 spiro atoms. The monoisotopic (exact) mass is 851 g/mol. The number of ether oxygens (including phenoxy) is 3. The van der Waals surface area contributed by atoms with Crippen LogP contribution in [0.25, 0.3) is 0 Å². The van der Waals surface area contributed by atoms with Crippen molar-refractivity contribution in [2.45, 2.75) is 245 Å². The minimum absolute atomic E-state index is 0.0936. The summed E-state index contributed by atoms with van der Waals surface area (Å²) in [6.45, 7) is 6.44. The van der Waals surface area contributed by atoms with E-state index in [1.54, 1.807) is 0 Å². The fraction of sp³-hybridized carbons (Fsp3) is 0.727. The first-order valence-electron chi connectivity index (χ1n) is 25.5. The van der Waals surface area contributed by atoms with Crippen molar-refractivity contribution in [1.82, 2.24) is 0 Å². The van der Waals surface area contributed by atoms with Crippen LogP contribution >= 0.6 is 0 Å². The molecule has 0 N–H and O–H groups in total. The minimum Gasteiger partial charge on any atom is -0.462 e. The van der Waals surface area contributed by atoms with Gasteiger partial charge in [0, 0.05) is 19.3 Å². The first kappa shape index (κ1) is 57.9. The van der Waals surface area contributed by atoms with Gasteiger partial charge in [0.1, 0.15) is 13.2 Å². The Morgan fingerprint density at radius 3 is 1.10 bits per heavy atom. The van der Waals surface area contributed by atoms with Crippen molar-refractivity contribution in [3.05, 3.63) is 72.9 Å². The first-order valence-corrected chi connectivity index (χ1v) is 25.5. The fourth-order valence-electron chi connectivity index (χ4n) is 6.90. The summed E-state index contributed by atoms with van der Waals surface area (Å²) in [5.74, 6) is -0.941. The molecule has 0 amide bonds. The Bertz CT molecular complexity index is 1160. The zero-order chi connectivity index (χ0) is 44.4. The van der Waals surface area contributed by atoms with Crippen LogP contribution in [0, 0.1) is 0 Å². The van der Waals surface area contributed by atoms with Gasteiger partial charge in [0.2, 0.25) is 0 Å². The maximum atomic E-state index is 12.8. The number of rotatable bonds is 45. The Morgan fingerprint density at radius 1 is 0.344 bits per heavy atom. The van der Waals surface area contributed by atoms with Crippen molar-refractivity contribution >= 4 is 17.9 Å². The predicted octanol–water partition coefficient (Wildman–Crippen LogP) is 16.6. The highest BCUT2D eigenvalue weighted by atomic mass is 16.6. The predicted molar refractivity (Wildman–Crippen MR) is 261 cm³/mol. The van der Waals surface area contributed by atoms with Gasteiger partial charge in [-0.3, -0.25) is 14.4 Å². The van der Waals surface area contributed by atoms with Gasteiger partial charge in [0.25, 0.3) is 0 Å². The van der Waals surface area contributed by atoms with Gasteiger partial charge in [-0.15, -0.1) is 0 Å². The van der Waals surface area contributed by atoms with Gasteiger partial charge < -0.3 is 14.2 Å². The molecule has 0 heterocycles. The third kappa shape index (κ3) is 47.7. The van der Waals surface area contributed by atoms with Crippen LogP contribution in [-0.4, -0.2) is 37.2 Å². The number of carbonyl (C=O) groups is 3. The maximum absolute atomic E-state index is 12.8. The maximum Gasteiger partial charge on any atom is 0.306 e. The molecule has 0 aromatic carbocycles. The van der Waals surface area contributed by atoms with Crippen LogP contribution in [0.2, 0.25) is 0 Å². The third-order valence-corrected chi connectivity index (χ3v) is 10.8. The van der Waals surface area contributed by atoms with Crippen LogP contribution in [0.1, 0.15) is 239 Å². The fourth-order valence-corrected chi connectivity index (χ4v) is 6.90. The highest BCUT2D eigenvalue weighted by Gasteiger charge is 2.19.